The maximum absolute atomic E-state index is 10.3. The first-order valence-corrected chi connectivity index (χ1v) is 5.20. The Morgan fingerprint density at radius 3 is 1.73 bits per heavy atom. The lowest BCUT2D eigenvalue weighted by Crippen LogP contribution is -2.21. The molecule has 0 aliphatic heterocycles. The number of aliphatic carboxylic acids is 1. The molecule has 0 spiro atoms. The molecule has 0 fully saturated rings. The first-order valence-electron chi connectivity index (χ1n) is 5.20. The zero-order chi connectivity index (χ0) is 12.5. The number of ether oxygens (including phenoxy) is 1. The summed E-state index contributed by atoms with van der Waals surface area (Å²) in [5.41, 5.74) is -0.542. The fraction of sp³-hybridized carbons (Fsp3) is 0.818. The van der Waals surface area contributed by atoms with Gasteiger partial charge in [0.15, 0.2) is 0 Å². The van der Waals surface area contributed by atoms with Gasteiger partial charge in [0.2, 0.25) is 0 Å². The van der Waals surface area contributed by atoms with Crippen molar-refractivity contribution in [2.75, 3.05) is 6.61 Å². The van der Waals surface area contributed by atoms with E-state index in [2.05, 4.69) is 4.74 Å². The minimum Gasteiger partial charge on any atom is -0.481 e. The van der Waals surface area contributed by atoms with Crippen molar-refractivity contribution in [2.45, 2.75) is 47.5 Å². The number of hydrogen-bond donors (Lipinski definition) is 1. The Morgan fingerprint density at radius 1 is 1.20 bits per heavy atom. The van der Waals surface area contributed by atoms with Crippen molar-refractivity contribution in [3.63, 3.8) is 0 Å². The van der Waals surface area contributed by atoms with Crippen LogP contribution >= 0.6 is 0 Å². The zero-order valence-electron chi connectivity index (χ0n) is 10.3. The fourth-order valence-electron chi connectivity index (χ4n) is 0.414. The number of rotatable bonds is 4. The van der Waals surface area contributed by atoms with Crippen molar-refractivity contribution < 1.29 is 19.4 Å². The molecule has 0 rings (SSSR count). The van der Waals surface area contributed by atoms with E-state index < -0.39 is 11.4 Å². The average molecular weight is 218 g/mol. The second-order valence-electron chi connectivity index (χ2n) is 3.70. The molecular formula is C11H22O4. The van der Waals surface area contributed by atoms with Crippen molar-refractivity contribution in [1.29, 1.82) is 0 Å². The van der Waals surface area contributed by atoms with E-state index in [1.54, 1.807) is 27.7 Å². The number of carboxylic acid groups (broad SMARTS) is 1. The summed E-state index contributed by atoms with van der Waals surface area (Å²) < 4.78 is 4.55. The molecule has 90 valence electrons. The van der Waals surface area contributed by atoms with Gasteiger partial charge in [-0.1, -0.05) is 13.8 Å². The van der Waals surface area contributed by atoms with Gasteiger partial charge in [-0.25, -0.2) is 0 Å². The Hall–Kier alpha value is -1.06. The largest absolute Gasteiger partial charge is 0.481 e. The van der Waals surface area contributed by atoms with Gasteiger partial charge in [-0.15, -0.1) is 0 Å². The number of carboxylic acids is 1. The monoisotopic (exact) mass is 218 g/mol. The molecule has 4 nitrogen and oxygen atoms in total. The van der Waals surface area contributed by atoms with Gasteiger partial charge in [0.05, 0.1) is 12.0 Å². The highest BCUT2D eigenvalue weighted by atomic mass is 16.5. The van der Waals surface area contributed by atoms with Crippen molar-refractivity contribution in [3.8, 4) is 0 Å². The summed E-state index contributed by atoms with van der Waals surface area (Å²) in [6, 6.07) is 0. The SMILES string of the molecule is CCC(C)(C)C(=O)O.CCOC(=O)CC. The number of carbonyl (C=O) groups is 2. The molecule has 0 aromatic carbocycles. The highest BCUT2D eigenvalue weighted by Crippen LogP contribution is 2.18. The molecule has 0 heterocycles. The van der Waals surface area contributed by atoms with Crippen molar-refractivity contribution in [3.05, 3.63) is 0 Å². The van der Waals surface area contributed by atoms with E-state index in [9.17, 15) is 9.59 Å². The molecule has 0 bridgehead atoms. The van der Waals surface area contributed by atoms with Gasteiger partial charge in [-0.2, -0.15) is 0 Å². The first kappa shape index (κ1) is 16.4. The van der Waals surface area contributed by atoms with Crippen LogP contribution in [0.1, 0.15) is 47.5 Å². The van der Waals surface area contributed by atoms with Gasteiger partial charge >= 0.3 is 11.9 Å². The molecule has 0 amide bonds. The van der Waals surface area contributed by atoms with Crippen LogP contribution < -0.4 is 0 Å². The normalized spacial score (nSPS) is 9.93. The lowest BCUT2D eigenvalue weighted by atomic mass is 9.91. The lowest BCUT2D eigenvalue weighted by Gasteiger charge is -2.14. The summed E-state index contributed by atoms with van der Waals surface area (Å²) in [7, 11) is 0. The van der Waals surface area contributed by atoms with E-state index in [0.29, 0.717) is 19.4 Å². The fourth-order valence-corrected chi connectivity index (χ4v) is 0.414. The smallest absolute Gasteiger partial charge is 0.309 e. The molecule has 0 saturated heterocycles. The van der Waals surface area contributed by atoms with E-state index in [1.807, 2.05) is 6.92 Å². The Balaban J connectivity index is 0. The minimum atomic E-state index is -0.722. The molecule has 0 aliphatic rings. The van der Waals surface area contributed by atoms with Crippen molar-refractivity contribution >= 4 is 11.9 Å². The molecule has 0 aliphatic carbocycles. The van der Waals surface area contributed by atoms with Crippen LogP contribution in [0.15, 0.2) is 0 Å². The number of esters is 1. The van der Waals surface area contributed by atoms with E-state index in [-0.39, 0.29) is 5.97 Å². The molecule has 4 heteroatoms. The molecular weight excluding hydrogens is 196 g/mol. The molecule has 0 saturated carbocycles. The third kappa shape index (κ3) is 9.25. The molecule has 0 unspecified atom stereocenters. The van der Waals surface area contributed by atoms with Crippen LogP contribution in [-0.4, -0.2) is 23.7 Å². The number of carbonyl (C=O) groups excluding carboxylic acids is 1. The van der Waals surface area contributed by atoms with Gasteiger partial charge in [0, 0.05) is 6.42 Å². The highest BCUT2D eigenvalue weighted by Gasteiger charge is 2.23. The van der Waals surface area contributed by atoms with Crippen LogP contribution in [0.4, 0.5) is 0 Å². The third-order valence-corrected chi connectivity index (χ3v) is 2.06. The summed E-state index contributed by atoms with van der Waals surface area (Å²) in [5, 5.41) is 8.44. The van der Waals surface area contributed by atoms with E-state index in [1.165, 1.54) is 0 Å². The summed E-state index contributed by atoms with van der Waals surface area (Å²) in [5.74, 6) is -0.845. The van der Waals surface area contributed by atoms with Gasteiger partial charge in [-0.05, 0) is 27.2 Å². The van der Waals surface area contributed by atoms with E-state index in [4.69, 9.17) is 5.11 Å². The van der Waals surface area contributed by atoms with Gasteiger partial charge in [0.1, 0.15) is 0 Å². The Kier molecular flexibility index (Phi) is 9.02. The predicted molar refractivity (Wildman–Crippen MR) is 58.6 cm³/mol. The van der Waals surface area contributed by atoms with Gasteiger partial charge in [-0.3, -0.25) is 9.59 Å². The van der Waals surface area contributed by atoms with Crippen molar-refractivity contribution in [2.24, 2.45) is 5.41 Å². The van der Waals surface area contributed by atoms with Crippen LogP contribution in [0.2, 0.25) is 0 Å². The number of hydrogen-bond acceptors (Lipinski definition) is 3. The van der Waals surface area contributed by atoms with Gasteiger partial charge in [0.25, 0.3) is 0 Å². The van der Waals surface area contributed by atoms with Crippen LogP contribution in [0.3, 0.4) is 0 Å². The van der Waals surface area contributed by atoms with Gasteiger partial charge < -0.3 is 9.84 Å². The molecule has 0 aromatic heterocycles. The maximum atomic E-state index is 10.3. The summed E-state index contributed by atoms with van der Waals surface area (Å²) in [6.45, 7) is 9.37. The zero-order valence-corrected chi connectivity index (χ0v) is 10.3. The molecule has 0 atom stereocenters. The highest BCUT2D eigenvalue weighted by molar-refractivity contribution is 5.73. The van der Waals surface area contributed by atoms with Crippen LogP contribution in [0.5, 0.6) is 0 Å². The average Bonchev–Trinajstić information content (AvgIpc) is 2.19. The van der Waals surface area contributed by atoms with Crippen LogP contribution in [0, 0.1) is 5.41 Å². The molecule has 0 aromatic rings. The Morgan fingerprint density at radius 2 is 1.67 bits per heavy atom. The van der Waals surface area contributed by atoms with Crippen molar-refractivity contribution in [1.82, 2.24) is 0 Å². The van der Waals surface area contributed by atoms with Crippen LogP contribution in [0.25, 0.3) is 0 Å². The maximum Gasteiger partial charge on any atom is 0.309 e. The molecule has 1 N–H and O–H groups in total. The minimum absolute atomic E-state index is 0.123. The second kappa shape index (κ2) is 8.26. The summed E-state index contributed by atoms with van der Waals surface area (Å²) in [4.78, 5) is 20.4. The van der Waals surface area contributed by atoms with E-state index in [0.717, 1.165) is 0 Å². The first-order chi connectivity index (χ1) is 6.81. The van der Waals surface area contributed by atoms with Crippen LogP contribution in [-0.2, 0) is 14.3 Å². The second-order valence-corrected chi connectivity index (χ2v) is 3.70. The quantitative estimate of drug-likeness (QED) is 0.736. The third-order valence-electron chi connectivity index (χ3n) is 2.06. The Labute approximate surface area is 91.6 Å². The van der Waals surface area contributed by atoms with E-state index >= 15 is 0 Å². The topological polar surface area (TPSA) is 63.6 Å². The predicted octanol–water partition coefficient (Wildman–Crippen LogP) is 2.47. The Bertz CT molecular complexity index is 197. The summed E-state index contributed by atoms with van der Waals surface area (Å²) in [6.07, 6.45) is 1.16. The molecule has 0 radical (unpaired) electrons. The summed E-state index contributed by atoms with van der Waals surface area (Å²) >= 11 is 0. The lowest BCUT2D eigenvalue weighted by molar-refractivity contribution is -0.147. The standard InChI is InChI=1S/C6H12O2.C5H10O2/c1-4-6(2,3)5(7)8;1-3-5(6)7-4-2/h4H2,1-3H3,(H,7,8);3-4H2,1-2H3. The molecule has 15 heavy (non-hydrogen) atoms.